The number of benzene rings is 1. The first-order chi connectivity index (χ1) is 12.5. The smallest absolute Gasteiger partial charge is 0.234 e. The van der Waals surface area contributed by atoms with E-state index in [0.29, 0.717) is 30.8 Å². The highest BCUT2D eigenvalue weighted by Crippen LogP contribution is 2.14. The van der Waals surface area contributed by atoms with Crippen LogP contribution in [0.4, 0.5) is 5.69 Å². The number of nitriles is 1. The van der Waals surface area contributed by atoms with Gasteiger partial charge in [0.05, 0.1) is 17.8 Å². The lowest BCUT2D eigenvalue weighted by Gasteiger charge is -2.34. The van der Waals surface area contributed by atoms with Crippen LogP contribution in [0.1, 0.15) is 25.8 Å². The summed E-state index contributed by atoms with van der Waals surface area (Å²) in [7, 11) is 0. The van der Waals surface area contributed by atoms with Crippen LogP contribution in [0.3, 0.4) is 0 Å². The monoisotopic (exact) mass is 357 g/mol. The molecule has 1 heterocycles. The van der Waals surface area contributed by atoms with Gasteiger partial charge in [0.2, 0.25) is 11.8 Å². The van der Waals surface area contributed by atoms with Crippen molar-refractivity contribution >= 4 is 17.5 Å². The third-order valence-electron chi connectivity index (χ3n) is 4.26. The number of amides is 2. The Morgan fingerprint density at radius 1 is 1.12 bits per heavy atom. The van der Waals surface area contributed by atoms with Crippen molar-refractivity contribution in [2.75, 3.05) is 44.6 Å². The fraction of sp³-hybridized carbons (Fsp3) is 0.526. The number of hydrogen-bond donors (Lipinski definition) is 2. The lowest BCUT2D eigenvalue weighted by atomic mass is 10.2. The van der Waals surface area contributed by atoms with Gasteiger partial charge >= 0.3 is 0 Å². The van der Waals surface area contributed by atoms with Crippen LogP contribution in [-0.2, 0) is 9.59 Å². The second kappa shape index (κ2) is 9.90. The van der Waals surface area contributed by atoms with Gasteiger partial charge in [-0.2, -0.15) is 5.26 Å². The SMILES string of the molecule is CC(C)NC(=O)CN1CCN(CCC(=O)Nc2ccccc2C#N)CC1. The molecular weight excluding hydrogens is 330 g/mol. The van der Waals surface area contributed by atoms with Crippen LogP contribution < -0.4 is 10.6 Å². The second-order valence-electron chi connectivity index (χ2n) is 6.80. The standard InChI is InChI=1S/C19H27N5O2/c1-15(2)21-19(26)14-24-11-9-23(10-12-24)8-7-18(25)22-17-6-4-3-5-16(17)13-20/h3-6,15H,7-12,14H2,1-2H3,(H,21,26)(H,22,25). The van der Waals surface area contributed by atoms with E-state index in [9.17, 15) is 9.59 Å². The Balaban J connectivity index is 1.69. The van der Waals surface area contributed by atoms with Gasteiger partial charge in [0.15, 0.2) is 0 Å². The van der Waals surface area contributed by atoms with E-state index in [1.807, 2.05) is 13.8 Å². The summed E-state index contributed by atoms with van der Waals surface area (Å²) in [6.07, 6.45) is 0.383. The Labute approximate surface area is 155 Å². The largest absolute Gasteiger partial charge is 0.353 e. The number of rotatable bonds is 7. The summed E-state index contributed by atoms with van der Waals surface area (Å²) in [5, 5.41) is 14.8. The first-order valence-electron chi connectivity index (χ1n) is 9.01. The van der Waals surface area contributed by atoms with Crippen molar-refractivity contribution in [2.24, 2.45) is 0 Å². The molecule has 1 saturated heterocycles. The van der Waals surface area contributed by atoms with Gasteiger partial charge in [-0.1, -0.05) is 12.1 Å². The van der Waals surface area contributed by atoms with Crippen molar-refractivity contribution in [1.82, 2.24) is 15.1 Å². The number of piperazine rings is 1. The van der Waals surface area contributed by atoms with E-state index < -0.39 is 0 Å². The summed E-state index contributed by atoms with van der Waals surface area (Å²) in [6.45, 7) is 8.35. The molecule has 1 aromatic carbocycles. The topological polar surface area (TPSA) is 88.5 Å². The van der Waals surface area contributed by atoms with E-state index in [2.05, 4.69) is 26.5 Å². The molecule has 2 rings (SSSR count). The fourth-order valence-electron chi connectivity index (χ4n) is 2.90. The molecule has 0 saturated carbocycles. The van der Waals surface area contributed by atoms with Crippen molar-refractivity contribution < 1.29 is 9.59 Å². The summed E-state index contributed by atoms with van der Waals surface area (Å²) in [5.41, 5.74) is 1.02. The summed E-state index contributed by atoms with van der Waals surface area (Å²) in [4.78, 5) is 28.3. The van der Waals surface area contributed by atoms with E-state index in [1.54, 1.807) is 24.3 Å². The van der Waals surface area contributed by atoms with E-state index >= 15 is 0 Å². The Hall–Kier alpha value is -2.43. The van der Waals surface area contributed by atoms with Gasteiger partial charge in [0.25, 0.3) is 0 Å². The van der Waals surface area contributed by atoms with Crippen LogP contribution in [0, 0.1) is 11.3 Å². The Kier molecular flexibility index (Phi) is 7.57. The molecule has 140 valence electrons. The van der Waals surface area contributed by atoms with Gasteiger partial charge < -0.3 is 15.5 Å². The highest BCUT2D eigenvalue weighted by molar-refractivity contribution is 5.92. The predicted molar refractivity (Wildman–Crippen MR) is 101 cm³/mol. The second-order valence-corrected chi connectivity index (χ2v) is 6.80. The molecule has 26 heavy (non-hydrogen) atoms. The molecule has 0 spiro atoms. The van der Waals surface area contributed by atoms with Crippen LogP contribution in [0.5, 0.6) is 0 Å². The number of nitrogens with zero attached hydrogens (tertiary/aromatic N) is 3. The lowest BCUT2D eigenvalue weighted by Crippen LogP contribution is -2.50. The Bertz CT molecular complexity index is 660. The third-order valence-corrected chi connectivity index (χ3v) is 4.26. The maximum atomic E-state index is 12.1. The molecule has 0 radical (unpaired) electrons. The minimum Gasteiger partial charge on any atom is -0.353 e. The number of para-hydroxylation sites is 1. The number of nitrogens with one attached hydrogen (secondary N) is 2. The number of carbonyl (C=O) groups is 2. The molecule has 7 heteroatoms. The van der Waals surface area contributed by atoms with Gasteiger partial charge in [0.1, 0.15) is 6.07 Å². The summed E-state index contributed by atoms with van der Waals surface area (Å²) in [5.74, 6) is -0.0320. The maximum Gasteiger partial charge on any atom is 0.234 e. The average molecular weight is 357 g/mol. The van der Waals surface area contributed by atoms with Gasteiger partial charge in [0, 0.05) is 45.2 Å². The molecule has 1 aliphatic rings. The maximum absolute atomic E-state index is 12.1. The number of hydrogen-bond acceptors (Lipinski definition) is 5. The fourth-order valence-corrected chi connectivity index (χ4v) is 2.90. The van der Waals surface area contributed by atoms with Crippen molar-refractivity contribution in [1.29, 1.82) is 5.26 Å². The van der Waals surface area contributed by atoms with Crippen molar-refractivity contribution in [3.8, 4) is 6.07 Å². The van der Waals surface area contributed by atoms with Crippen LogP contribution in [0.25, 0.3) is 0 Å². The first-order valence-corrected chi connectivity index (χ1v) is 9.01. The first kappa shape index (κ1) is 19.9. The summed E-state index contributed by atoms with van der Waals surface area (Å²) in [6, 6.07) is 9.22. The Morgan fingerprint density at radius 3 is 2.42 bits per heavy atom. The highest BCUT2D eigenvalue weighted by atomic mass is 16.2. The molecule has 2 N–H and O–H groups in total. The molecular formula is C19H27N5O2. The van der Waals surface area contributed by atoms with Crippen molar-refractivity contribution in [2.45, 2.75) is 26.3 Å². The predicted octanol–water partition coefficient (Wildman–Crippen LogP) is 1.03. The van der Waals surface area contributed by atoms with Gasteiger partial charge in [-0.15, -0.1) is 0 Å². The quantitative estimate of drug-likeness (QED) is 0.761. The van der Waals surface area contributed by atoms with Gasteiger partial charge in [-0.05, 0) is 26.0 Å². The van der Waals surface area contributed by atoms with E-state index in [1.165, 1.54) is 0 Å². The van der Waals surface area contributed by atoms with Crippen molar-refractivity contribution in [3.05, 3.63) is 29.8 Å². The molecule has 1 aliphatic heterocycles. The van der Waals surface area contributed by atoms with Crippen LogP contribution in [-0.4, -0.2) is 66.9 Å². The zero-order valence-corrected chi connectivity index (χ0v) is 15.5. The van der Waals surface area contributed by atoms with E-state index in [0.717, 1.165) is 26.2 Å². The molecule has 0 aromatic heterocycles. The van der Waals surface area contributed by atoms with Gasteiger partial charge in [-0.25, -0.2) is 0 Å². The minimum absolute atomic E-state index is 0.0592. The lowest BCUT2D eigenvalue weighted by molar-refractivity contribution is -0.123. The molecule has 1 fully saturated rings. The van der Waals surface area contributed by atoms with Gasteiger partial charge in [-0.3, -0.25) is 14.5 Å². The van der Waals surface area contributed by atoms with E-state index in [4.69, 9.17) is 5.26 Å². The molecule has 1 aromatic rings. The van der Waals surface area contributed by atoms with Crippen LogP contribution >= 0.6 is 0 Å². The summed E-state index contributed by atoms with van der Waals surface area (Å²) >= 11 is 0. The normalized spacial score (nSPS) is 15.5. The third kappa shape index (κ3) is 6.47. The average Bonchev–Trinajstić information content (AvgIpc) is 2.61. The Morgan fingerprint density at radius 2 is 1.77 bits per heavy atom. The number of carbonyl (C=O) groups excluding carboxylic acids is 2. The summed E-state index contributed by atoms with van der Waals surface area (Å²) < 4.78 is 0. The molecule has 2 amide bonds. The molecule has 0 aliphatic carbocycles. The number of anilines is 1. The zero-order chi connectivity index (χ0) is 18.9. The highest BCUT2D eigenvalue weighted by Gasteiger charge is 2.19. The van der Waals surface area contributed by atoms with Crippen molar-refractivity contribution in [3.63, 3.8) is 0 Å². The molecule has 0 unspecified atom stereocenters. The molecule has 0 bridgehead atoms. The van der Waals surface area contributed by atoms with Crippen LogP contribution in [0.15, 0.2) is 24.3 Å². The van der Waals surface area contributed by atoms with E-state index in [-0.39, 0.29) is 17.9 Å². The zero-order valence-electron chi connectivity index (χ0n) is 15.5. The van der Waals surface area contributed by atoms with Crippen LogP contribution in [0.2, 0.25) is 0 Å². The molecule has 7 nitrogen and oxygen atoms in total. The molecule has 0 atom stereocenters. The minimum atomic E-state index is -0.0913.